The predicted molar refractivity (Wildman–Crippen MR) is 71.7 cm³/mol. The van der Waals surface area contributed by atoms with Gasteiger partial charge in [-0.25, -0.2) is 4.57 Å². The van der Waals surface area contributed by atoms with E-state index in [0.29, 0.717) is 5.56 Å². The van der Waals surface area contributed by atoms with Crippen molar-refractivity contribution in [2.75, 3.05) is 0 Å². The highest BCUT2D eigenvalue weighted by molar-refractivity contribution is 7.72. The van der Waals surface area contributed by atoms with E-state index in [2.05, 4.69) is 5.16 Å². The van der Waals surface area contributed by atoms with Crippen molar-refractivity contribution < 1.29 is 19.2 Å². The number of para-hydroxylation sites is 1. The van der Waals surface area contributed by atoms with E-state index in [1.54, 1.807) is 60.7 Å². The van der Waals surface area contributed by atoms with Gasteiger partial charge in [0.25, 0.3) is 0 Å². The van der Waals surface area contributed by atoms with Gasteiger partial charge in [-0.15, -0.1) is 0 Å². The number of benzene rings is 2. The molecule has 2 N–H and O–H groups in total. The van der Waals surface area contributed by atoms with Gasteiger partial charge in [-0.3, -0.25) is 0 Å². The van der Waals surface area contributed by atoms with Gasteiger partial charge in [0.15, 0.2) is 0 Å². The molecule has 98 valence electrons. The Morgan fingerprint density at radius 3 is 2.05 bits per heavy atom. The molecule has 1 atom stereocenters. The Bertz CT molecular complexity index is 613. The molecule has 2 aromatic carbocycles. The molecule has 0 fully saturated rings. The molecule has 19 heavy (non-hydrogen) atoms. The van der Waals surface area contributed by atoms with E-state index in [9.17, 15) is 9.46 Å². The summed E-state index contributed by atoms with van der Waals surface area (Å²) in [6.45, 7) is 0. The highest BCUT2D eigenvalue weighted by atomic mass is 31.2. The fraction of sp³-hybridized carbons (Fsp3) is 0. The second-order valence-electron chi connectivity index (χ2n) is 3.71. The monoisotopic (exact) mass is 277 g/mol. The third kappa shape index (κ3) is 3.22. The average Bonchev–Trinajstić information content (AvgIpc) is 2.41. The van der Waals surface area contributed by atoms with E-state index >= 15 is 0 Å². The lowest BCUT2D eigenvalue weighted by Crippen LogP contribution is -2.07. The molecule has 0 saturated heterocycles. The molecule has 0 spiro atoms. The van der Waals surface area contributed by atoms with Crippen molar-refractivity contribution in [1.82, 2.24) is 0 Å². The maximum Gasteiger partial charge on any atom is 0.430 e. The Morgan fingerprint density at radius 1 is 1.00 bits per heavy atom. The third-order valence-electron chi connectivity index (χ3n) is 2.37. The summed E-state index contributed by atoms with van der Waals surface area (Å²) in [4.78, 5) is 9.92. The van der Waals surface area contributed by atoms with E-state index in [-0.39, 0.29) is 5.75 Å². The van der Waals surface area contributed by atoms with Crippen molar-refractivity contribution >= 4 is 13.0 Å². The van der Waals surface area contributed by atoms with Gasteiger partial charge in [0.2, 0.25) is 5.45 Å². The van der Waals surface area contributed by atoms with Crippen LogP contribution in [0, 0.1) is 0 Å². The molecule has 0 saturated carbocycles. The number of nitrogens with zero attached hydrogens (tertiary/aromatic N) is 1. The summed E-state index contributed by atoms with van der Waals surface area (Å²) in [7, 11) is -4.25. The molecule has 0 radical (unpaired) electrons. The van der Waals surface area contributed by atoms with Crippen molar-refractivity contribution in [2.24, 2.45) is 5.16 Å². The summed E-state index contributed by atoms with van der Waals surface area (Å²) in [5.41, 5.74) is -0.0660. The van der Waals surface area contributed by atoms with Crippen LogP contribution in [0.25, 0.3) is 0 Å². The third-order valence-corrected chi connectivity index (χ3v) is 3.71. The average molecular weight is 277 g/mol. The van der Waals surface area contributed by atoms with Gasteiger partial charge in [0.05, 0.1) is 0 Å². The summed E-state index contributed by atoms with van der Waals surface area (Å²) in [5.74, 6) is 0.227. The van der Waals surface area contributed by atoms with Gasteiger partial charge >= 0.3 is 7.60 Å². The smallest absolute Gasteiger partial charge is 0.420 e. The minimum absolute atomic E-state index is 0.227. The summed E-state index contributed by atoms with van der Waals surface area (Å²) < 4.78 is 17.2. The van der Waals surface area contributed by atoms with Crippen LogP contribution in [0.3, 0.4) is 0 Å². The Labute approximate surface area is 110 Å². The number of rotatable bonds is 4. The molecule has 5 nitrogen and oxygen atoms in total. The van der Waals surface area contributed by atoms with Crippen LogP contribution < -0.4 is 4.52 Å². The van der Waals surface area contributed by atoms with Gasteiger partial charge in [-0.2, -0.15) is 0 Å². The zero-order valence-electron chi connectivity index (χ0n) is 9.88. The van der Waals surface area contributed by atoms with Crippen LogP contribution >= 0.6 is 7.60 Å². The van der Waals surface area contributed by atoms with Crippen LogP contribution in [0.4, 0.5) is 0 Å². The van der Waals surface area contributed by atoms with Crippen LogP contribution in [-0.4, -0.2) is 15.6 Å². The van der Waals surface area contributed by atoms with E-state index in [0.717, 1.165) is 0 Å². The highest BCUT2D eigenvalue weighted by Gasteiger charge is 2.31. The van der Waals surface area contributed by atoms with E-state index < -0.39 is 13.0 Å². The summed E-state index contributed by atoms with van der Waals surface area (Å²) in [6.07, 6.45) is 0. The van der Waals surface area contributed by atoms with E-state index in [4.69, 9.17) is 9.73 Å². The van der Waals surface area contributed by atoms with E-state index in [1.165, 1.54) is 0 Å². The van der Waals surface area contributed by atoms with Gasteiger partial charge in [0, 0.05) is 5.56 Å². The van der Waals surface area contributed by atoms with Crippen LogP contribution in [0.5, 0.6) is 5.75 Å². The quantitative estimate of drug-likeness (QED) is 0.389. The maximum absolute atomic E-state index is 12.2. The van der Waals surface area contributed by atoms with Gasteiger partial charge in [-0.1, -0.05) is 53.7 Å². The number of oxime groups is 1. The molecule has 0 heterocycles. The molecule has 6 heteroatoms. The Morgan fingerprint density at radius 2 is 1.53 bits per heavy atom. The lowest BCUT2D eigenvalue weighted by molar-refractivity contribution is 0.317. The Kier molecular flexibility index (Phi) is 4.00. The van der Waals surface area contributed by atoms with Crippen molar-refractivity contribution in [3.05, 3.63) is 66.2 Å². The largest absolute Gasteiger partial charge is 0.430 e. The fourth-order valence-corrected chi connectivity index (χ4v) is 2.61. The zero-order chi connectivity index (χ0) is 13.7. The second-order valence-corrected chi connectivity index (χ2v) is 5.36. The van der Waals surface area contributed by atoms with Crippen molar-refractivity contribution in [1.29, 1.82) is 0 Å². The summed E-state index contributed by atoms with van der Waals surface area (Å²) >= 11 is 0. The SMILES string of the molecule is O=P(O)(Oc1ccccc1)C(=NO)c1ccccc1. The summed E-state index contributed by atoms with van der Waals surface area (Å²) in [5, 5.41) is 11.9. The first-order valence-electron chi connectivity index (χ1n) is 5.49. The first kappa shape index (κ1) is 13.3. The van der Waals surface area contributed by atoms with Crippen LogP contribution in [0.2, 0.25) is 0 Å². The minimum Gasteiger partial charge on any atom is -0.420 e. The van der Waals surface area contributed by atoms with Crippen LogP contribution in [0.15, 0.2) is 65.8 Å². The molecule has 2 rings (SSSR count). The molecule has 0 aliphatic heterocycles. The van der Waals surface area contributed by atoms with Crippen molar-refractivity contribution in [3.8, 4) is 5.75 Å². The first-order chi connectivity index (χ1) is 9.13. The Balaban J connectivity index is 2.31. The predicted octanol–water partition coefficient (Wildman–Crippen LogP) is 3.09. The summed E-state index contributed by atoms with van der Waals surface area (Å²) in [6, 6.07) is 16.4. The number of hydrogen-bond acceptors (Lipinski definition) is 4. The first-order valence-corrected chi connectivity index (χ1v) is 7.07. The van der Waals surface area contributed by atoms with Gasteiger partial charge in [-0.05, 0) is 12.1 Å². The fourth-order valence-electron chi connectivity index (χ4n) is 1.53. The van der Waals surface area contributed by atoms with Crippen LogP contribution in [0.1, 0.15) is 5.56 Å². The zero-order valence-corrected chi connectivity index (χ0v) is 10.8. The molecule has 0 aliphatic carbocycles. The molecule has 2 aromatic rings. The lowest BCUT2D eigenvalue weighted by atomic mass is 10.2. The van der Waals surface area contributed by atoms with Crippen molar-refractivity contribution in [2.45, 2.75) is 0 Å². The van der Waals surface area contributed by atoms with E-state index in [1.807, 2.05) is 0 Å². The topological polar surface area (TPSA) is 79.1 Å². The molecule has 1 unspecified atom stereocenters. The number of hydrogen-bond donors (Lipinski definition) is 2. The van der Waals surface area contributed by atoms with Gasteiger partial charge < -0.3 is 14.6 Å². The maximum atomic E-state index is 12.2. The standard InChI is InChI=1S/C13H12NO4P/c15-14-13(11-7-3-1-4-8-11)19(16,17)18-12-9-5-2-6-10-12/h1-10,15H,(H,16,17). The molecular weight excluding hydrogens is 265 g/mol. The molecule has 0 bridgehead atoms. The Hall–Kier alpha value is -2.10. The highest BCUT2D eigenvalue weighted by Crippen LogP contribution is 2.46. The molecule has 0 amide bonds. The molecular formula is C13H12NO4P. The normalized spacial score (nSPS) is 14.7. The van der Waals surface area contributed by atoms with Gasteiger partial charge in [0.1, 0.15) is 5.75 Å². The molecule has 0 aromatic heterocycles. The second kappa shape index (κ2) is 5.69. The van der Waals surface area contributed by atoms with Crippen molar-refractivity contribution in [3.63, 3.8) is 0 Å². The van der Waals surface area contributed by atoms with Crippen LogP contribution in [-0.2, 0) is 4.57 Å². The molecule has 0 aliphatic rings. The lowest BCUT2D eigenvalue weighted by Gasteiger charge is -2.14. The minimum atomic E-state index is -4.25.